The number of aromatic nitrogens is 1. The molecule has 4 rings (SSSR count). The highest BCUT2D eigenvalue weighted by molar-refractivity contribution is 5.90. The number of amides is 1. The lowest BCUT2D eigenvalue weighted by Gasteiger charge is -2.29. The SMILES string of the molecule is COC(=O)C1(NC(=O)Cc2ccc(N3CCOCC3)cc2)CCN(c2cncc(C(F)(F)F)c2)C1. The van der Waals surface area contributed by atoms with Crippen LogP contribution < -0.4 is 15.1 Å². The van der Waals surface area contributed by atoms with Crippen LogP contribution in [0, 0.1) is 0 Å². The van der Waals surface area contributed by atoms with E-state index in [4.69, 9.17) is 9.47 Å². The maximum absolute atomic E-state index is 13.1. The molecule has 0 bridgehead atoms. The smallest absolute Gasteiger partial charge is 0.417 e. The molecule has 0 saturated carbocycles. The third kappa shape index (κ3) is 5.67. The molecule has 2 fully saturated rings. The largest absolute Gasteiger partial charge is 0.467 e. The molecular weight excluding hydrogens is 465 g/mol. The number of benzene rings is 1. The van der Waals surface area contributed by atoms with Gasteiger partial charge in [-0.1, -0.05) is 12.1 Å². The van der Waals surface area contributed by atoms with E-state index in [1.807, 2.05) is 24.3 Å². The molecule has 1 N–H and O–H groups in total. The third-order valence-corrected chi connectivity index (χ3v) is 6.32. The Morgan fingerprint density at radius 3 is 2.46 bits per heavy atom. The summed E-state index contributed by atoms with van der Waals surface area (Å²) in [6, 6.07) is 8.61. The first-order chi connectivity index (χ1) is 16.7. The number of carbonyl (C=O) groups is 2. The van der Waals surface area contributed by atoms with E-state index in [1.165, 1.54) is 13.3 Å². The molecule has 2 aliphatic rings. The van der Waals surface area contributed by atoms with Gasteiger partial charge >= 0.3 is 12.1 Å². The lowest BCUT2D eigenvalue weighted by Crippen LogP contribution is -2.57. The summed E-state index contributed by atoms with van der Waals surface area (Å²) in [5.74, 6) is -1.02. The molecule has 1 atom stereocenters. The molecule has 2 aromatic rings. The van der Waals surface area contributed by atoms with Crippen molar-refractivity contribution in [1.29, 1.82) is 0 Å². The summed E-state index contributed by atoms with van der Waals surface area (Å²) >= 11 is 0. The third-order valence-electron chi connectivity index (χ3n) is 6.32. The Morgan fingerprint density at radius 1 is 1.09 bits per heavy atom. The second-order valence-electron chi connectivity index (χ2n) is 8.67. The average Bonchev–Trinajstić information content (AvgIpc) is 3.29. The van der Waals surface area contributed by atoms with Crippen LogP contribution in [-0.2, 0) is 31.7 Å². The zero-order valence-corrected chi connectivity index (χ0v) is 19.3. The number of esters is 1. The van der Waals surface area contributed by atoms with Crippen LogP contribution in [0.3, 0.4) is 0 Å². The number of anilines is 2. The van der Waals surface area contributed by atoms with Crippen molar-refractivity contribution in [2.24, 2.45) is 0 Å². The number of carbonyl (C=O) groups excluding carboxylic acids is 2. The maximum Gasteiger partial charge on any atom is 0.417 e. The van der Waals surface area contributed by atoms with Crippen molar-refractivity contribution in [1.82, 2.24) is 10.3 Å². The minimum atomic E-state index is -4.53. The van der Waals surface area contributed by atoms with Crippen molar-refractivity contribution in [3.63, 3.8) is 0 Å². The fourth-order valence-electron chi connectivity index (χ4n) is 4.44. The van der Waals surface area contributed by atoms with E-state index in [1.54, 1.807) is 4.90 Å². The van der Waals surface area contributed by atoms with Crippen LogP contribution in [0.2, 0.25) is 0 Å². The van der Waals surface area contributed by atoms with Crippen LogP contribution in [0.4, 0.5) is 24.5 Å². The molecular formula is C24H27F3N4O4. The van der Waals surface area contributed by atoms with Crippen LogP contribution in [0.5, 0.6) is 0 Å². The first-order valence-corrected chi connectivity index (χ1v) is 11.3. The van der Waals surface area contributed by atoms with Gasteiger partial charge in [-0.25, -0.2) is 4.79 Å². The van der Waals surface area contributed by atoms with E-state index in [2.05, 4.69) is 15.2 Å². The number of halogens is 3. The number of rotatable bonds is 6. The highest BCUT2D eigenvalue weighted by Gasteiger charge is 2.47. The fourth-order valence-corrected chi connectivity index (χ4v) is 4.44. The normalized spacial score (nSPS) is 20.6. The zero-order valence-electron chi connectivity index (χ0n) is 19.3. The Bertz CT molecular complexity index is 1060. The molecule has 0 aliphatic carbocycles. The molecule has 188 valence electrons. The number of nitrogens with zero attached hydrogens (tertiary/aromatic N) is 3. The first kappa shape index (κ1) is 24.8. The van der Waals surface area contributed by atoms with Gasteiger partial charge in [-0.3, -0.25) is 9.78 Å². The van der Waals surface area contributed by atoms with Gasteiger partial charge in [0, 0.05) is 37.9 Å². The molecule has 1 aromatic heterocycles. The van der Waals surface area contributed by atoms with E-state index >= 15 is 0 Å². The maximum atomic E-state index is 13.1. The molecule has 8 nitrogen and oxygen atoms in total. The summed E-state index contributed by atoms with van der Waals surface area (Å²) in [5, 5.41) is 2.79. The standard InChI is InChI=1S/C24H27F3N4O4/c1-34-22(33)23(6-7-31(16-23)20-13-18(14-28-15-20)24(25,26)27)29-21(32)12-17-2-4-19(5-3-17)30-8-10-35-11-9-30/h2-5,13-15H,6-12,16H2,1H3,(H,29,32). The Morgan fingerprint density at radius 2 is 1.80 bits per heavy atom. The van der Waals surface area contributed by atoms with Gasteiger partial charge in [0.1, 0.15) is 0 Å². The quantitative estimate of drug-likeness (QED) is 0.620. The minimum absolute atomic E-state index is 0.0234. The molecule has 35 heavy (non-hydrogen) atoms. The number of pyridine rings is 1. The van der Waals surface area contributed by atoms with Crippen molar-refractivity contribution in [3.8, 4) is 0 Å². The van der Waals surface area contributed by atoms with Crippen molar-refractivity contribution < 1.29 is 32.2 Å². The van der Waals surface area contributed by atoms with Crippen LogP contribution >= 0.6 is 0 Å². The van der Waals surface area contributed by atoms with Gasteiger partial charge in [0.2, 0.25) is 5.91 Å². The Labute approximate surface area is 201 Å². The highest BCUT2D eigenvalue weighted by Crippen LogP contribution is 2.33. The van der Waals surface area contributed by atoms with Crippen molar-refractivity contribution >= 4 is 23.3 Å². The Balaban J connectivity index is 1.44. The Kier molecular flexibility index (Phi) is 7.15. The van der Waals surface area contributed by atoms with Crippen molar-refractivity contribution in [3.05, 3.63) is 53.9 Å². The number of ether oxygens (including phenoxy) is 2. The summed E-state index contributed by atoms with van der Waals surface area (Å²) < 4.78 is 49.6. The van der Waals surface area contributed by atoms with Crippen LogP contribution in [0.1, 0.15) is 17.5 Å². The molecule has 1 unspecified atom stereocenters. The first-order valence-electron chi connectivity index (χ1n) is 11.3. The zero-order chi connectivity index (χ0) is 25.1. The van der Waals surface area contributed by atoms with Gasteiger partial charge < -0.3 is 24.6 Å². The van der Waals surface area contributed by atoms with Gasteiger partial charge in [-0.05, 0) is 23.8 Å². The van der Waals surface area contributed by atoms with Crippen molar-refractivity contribution in [2.45, 2.75) is 24.6 Å². The number of hydrogen-bond donors (Lipinski definition) is 1. The molecule has 0 spiro atoms. The van der Waals surface area contributed by atoms with Crippen LogP contribution in [0.25, 0.3) is 0 Å². The summed E-state index contributed by atoms with van der Waals surface area (Å²) in [6.45, 7) is 3.19. The van der Waals surface area contributed by atoms with Gasteiger partial charge in [-0.15, -0.1) is 0 Å². The lowest BCUT2D eigenvalue weighted by molar-refractivity contribution is -0.150. The lowest BCUT2D eigenvalue weighted by atomic mass is 9.98. The molecule has 2 saturated heterocycles. The summed E-state index contributed by atoms with van der Waals surface area (Å²) in [4.78, 5) is 33.0. The number of morpholine rings is 1. The summed E-state index contributed by atoms with van der Waals surface area (Å²) in [7, 11) is 1.22. The molecule has 11 heteroatoms. The average molecular weight is 492 g/mol. The fraction of sp³-hybridized carbons (Fsp3) is 0.458. The molecule has 1 aromatic carbocycles. The molecule has 3 heterocycles. The minimum Gasteiger partial charge on any atom is -0.467 e. The van der Waals surface area contributed by atoms with Gasteiger partial charge in [0.15, 0.2) is 5.54 Å². The van der Waals surface area contributed by atoms with Crippen LogP contribution in [-0.4, -0.2) is 68.9 Å². The second-order valence-corrected chi connectivity index (χ2v) is 8.67. The summed E-state index contributed by atoms with van der Waals surface area (Å²) in [6.07, 6.45) is -2.24. The predicted molar refractivity (Wildman–Crippen MR) is 122 cm³/mol. The van der Waals surface area contributed by atoms with E-state index in [0.717, 1.165) is 36.6 Å². The van der Waals surface area contributed by atoms with E-state index in [0.29, 0.717) is 13.2 Å². The molecule has 1 amide bonds. The number of alkyl halides is 3. The Hall–Kier alpha value is -3.34. The van der Waals surface area contributed by atoms with Gasteiger partial charge in [-0.2, -0.15) is 13.2 Å². The second kappa shape index (κ2) is 10.1. The summed E-state index contributed by atoms with van der Waals surface area (Å²) in [5.41, 5.74) is -0.205. The predicted octanol–water partition coefficient (Wildman–Crippen LogP) is 2.42. The van der Waals surface area contributed by atoms with E-state index < -0.39 is 23.2 Å². The molecule has 2 aliphatic heterocycles. The number of methoxy groups -OCH3 is 1. The number of nitrogens with one attached hydrogen (secondary N) is 1. The molecule has 0 radical (unpaired) electrons. The highest BCUT2D eigenvalue weighted by atomic mass is 19.4. The van der Waals surface area contributed by atoms with Gasteiger partial charge in [0.05, 0.1) is 50.7 Å². The van der Waals surface area contributed by atoms with E-state index in [9.17, 15) is 22.8 Å². The van der Waals surface area contributed by atoms with Crippen molar-refractivity contribution in [2.75, 3.05) is 56.3 Å². The van der Waals surface area contributed by atoms with Gasteiger partial charge in [0.25, 0.3) is 0 Å². The van der Waals surface area contributed by atoms with E-state index in [-0.39, 0.29) is 37.5 Å². The topological polar surface area (TPSA) is 84.0 Å². The monoisotopic (exact) mass is 492 g/mol. The van der Waals surface area contributed by atoms with Crippen LogP contribution in [0.15, 0.2) is 42.7 Å². The number of hydrogen-bond acceptors (Lipinski definition) is 7.